The van der Waals surface area contributed by atoms with Gasteiger partial charge in [-0.2, -0.15) is 0 Å². The lowest BCUT2D eigenvalue weighted by Crippen LogP contribution is -2.47. The molecule has 1 aliphatic carbocycles. The zero-order valence-electron chi connectivity index (χ0n) is 12.0. The first-order chi connectivity index (χ1) is 10.1. The summed E-state index contributed by atoms with van der Waals surface area (Å²) in [7, 11) is 1.65. The molecule has 1 aliphatic rings. The lowest BCUT2D eigenvalue weighted by atomic mass is 10.2. The largest absolute Gasteiger partial charge is 0.480 e. The zero-order valence-corrected chi connectivity index (χ0v) is 12.0. The van der Waals surface area contributed by atoms with Gasteiger partial charge in [-0.15, -0.1) is 0 Å². The highest BCUT2D eigenvalue weighted by Crippen LogP contribution is 2.32. The van der Waals surface area contributed by atoms with Crippen molar-refractivity contribution < 1.29 is 14.7 Å². The van der Waals surface area contributed by atoms with E-state index in [0.717, 1.165) is 18.4 Å². The maximum atomic E-state index is 12.0. The molecule has 5 heteroatoms. The Balaban J connectivity index is 1.82. The summed E-state index contributed by atoms with van der Waals surface area (Å²) in [5.74, 6) is -0.876. The van der Waals surface area contributed by atoms with Gasteiger partial charge in [-0.05, 0) is 24.3 Å². The van der Waals surface area contributed by atoms with Gasteiger partial charge in [0.1, 0.15) is 6.04 Å². The number of benzene rings is 1. The van der Waals surface area contributed by atoms with Gasteiger partial charge >= 0.3 is 12.0 Å². The van der Waals surface area contributed by atoms with Crippen molar-refractivity contribution in [2.75, 3.05) is 13.6 Å². The average Bonchev–Trinajstić information content (AvgIpc) is 3.29. The minimum absolute atomic E-state index is 0.0831. The van der Waals surface area contributed by atoms with Gasteiger partial charge in [-0.25, -0.2) is 9.59 Å². The van der Waals surface area contributed by atoms with Gasteiger partial charge in [-0.1, -0.05) is 42.5 Å². The van der Waals surface area contributed by atoms with E-state index < -0.39 is 12.0 Å². The summed E-state index contributed by atoms with van der Waals surface area (Å²) in [6.07, 6.45) is 5.55. The highest BCUT2D eigenvalue weighted by Gasteiger charge is 2.37. The molecular formula is C16H20N2O3. The topological polar surface area (TPSA) is 69.6 Å². The lowest BCUT2D eigenvalue weighted by molar-refractivity contribution is -0.139. The van der Waals surface area contributed by atoms with E-state index in [1.165, 1.54) is 4.90 Å². The fourth-order valence-corrected chi connectivity index (χ4v) is 2.05. The van der Waals surface area contributed by atoms with Crippen LogP contribution in [0.1, 0.15) is 18.4 Å². The Morgan fingerprint density at radius 3 is 2.62 bits per heavy atom. The van der Waals surface area contributed by atoms with E-state index in [9.17, 15) is 9.59 Å². The maximum absolute atomic E-state index is 12.0. The summed E-state index contributed by atoms with van der Waals surface area (Å²) in [4.78, 5) is 24.5. The van der Waals surface area contributed by atoms with Crippen LogP contribution in [-0.4, -0.2) is 41.6 Å². The second-order valence-corrected chi connectivity index (χ2v) is 5.30. The van der Waals surface area contributed by atoms with E-state index in [1.54, 1.807) is 7.05 Å². The second kappa shape index (κ2) is 6.92. The molecule has 0 bridgehead atoms. The molecule has 21 heavy (non-hydrogen) atoms. The Kier molecular flexibility index (Phi) is 4.98. The first kappa shape index (κ1) is 15.1. The minimum Gasteiger partial charge on any atom is -0.480 e. The molecule has 0 saturated heterocycles. The van der Waals surface area contributed by atoms with Gasteiger partial charge in [0.2, 0.25) is 0 Å². The first-order valence-corrected chi connectivity index (χ1v) is 7.04. The Bertz CT molecular complexity index is 524. The number of carboxylic acid groups (broad SMARTS) is 1. The molecule has 112 valence electrons. The van der Waals surface area contributed by atoms with Crippen molar-refractivity contribution in [2.45, 2.75) is 18.9 Å². The molecule has 1 aromatic rings. The molecule has 1 saturated carbocycles. The number of rotatable bonds is 6. The quantitative estimate of drug-likeness (QED) is 0.843. The maximum Gasteiger partial charge on any atom is 0.326 e. The van der Waals surface area contributed by atoms with Gasteiger partial charge in [0.25, 0.3) is 0 Å². The molecule has 5 nitrogen and oxygen atoms in total. The molecule has 2 rings (SSSR count). The summed E-state index contributed by atoms with van der Waals surface area (Å²) in [5, 5.41) is 11.7. The van der Waals surface area contributed by atoms with Crippen molar-refractivity contribution in [3.8, 4) is 0 Å². The summed E-state index contributed by atoms with van der Waals surface area (Å²) in [6.45, 7) is 0.428. The Morgan fingerprint density at radius 1 is 1.38 bits per heavy atom. The Hall–Kier alpha value is -2.30. The number of carbonyl (C=O) groups is 2. The number of aliphatic carboxylic acids is 1. The fraction of sp³-hybridized carbons (Fsp3) is 0.375. The van der Waals surface area contributed by atoms with Gasteiger partial charge in [0.05, 0.1) is 0 Å². The third-order valence-electron chi connectivity index (χ3n) is 3.47. The number of urea groups is 1. The monoisotopic (exact) mass is 288 g/mol. The van der Waals surface area contributed by atoms with E-state index in [0.29, 0.717) is 6.54 Å². The number of carboxylic acids is 1. The molecule has 2 amide bonds. The Morgan fingerprint density at radius 2 is 2.05 bits per heavy atom. The predicted molar refractivity (Wildman–Crippen MR) is 80.8 cm³/mol. The number of amides is 2. The number of nitrogens with zero attached hydrogens (tertiary/aromatic N) is 1. The summed E-state index contributed by atoms with van der Waals surface area (Å²) in [5.41, 5.74) is 1.06. The van der Waals surface area contributed by atoms with E-state index in [-0.39, 0.29) is 11.9 Å². The van der Waals surface area contributed by atoms with Crippen LogP contribution in [0.3, 0.4) is 0 Å². The molecular weight excluding hydrogens is 268 g/mol. The van der Waals surface area contributed by atoms with Gasteiger partial charge in [0, 0.05) is 13.6 Å². The molecule has 0 aromatic heterocycles. The van der Waals surface area contributed by atoms with Crippen LogP contribution in [0.25, 0.3) is 6.08 Å². The van der Waals surface area contributed by atoms with Crippen molar-refractivity contribution in [2.24, 2.45) is 5.92 Å². The van der Waals surface area contributed by atoms with Crippen molar-refractivity contribution in [1.29, 1.82) is 0 Å². The average molecular weight is 288 g/mol. The van der Waals surface area contributed by atoms with Gasteiger partial charge in [-0.3, -0.25) is 0 Å². The minimum atomic E-state index is -0.959. The molecule has 1 aromatic carbocycles. The van der Waals surface area contributed by atoms with Gasteiger partial charge in [0.15, 0.2) is 0 Å². The number of likely N-dealkylation sites (N-methyl/N-ethyl adjacent to an activating group) is 1. The number of nitrogens with one attached hydrogen (secondary N) is 1. The number of hydrogen-bond donors (Lipinski definition) is 2. The molecule has 2 N–H and O–H groups in total. The third-order valence-corrected chi connectivity index (χ3v) is 3.47. The van der Waals surface area contributed by atoms with Crippen molar-refractivity contribution in [3.05, 3.63) is 42.0 Å². The second-order valence-electron chi connectivity index (χ2n) is 5.30. The van der Waals surface area contributed by atoms with Crippen molar-refractivity contribution in [1.82, 2.24) is 10.2 Å². The van der Waals surface area contributed by atoms with Crippen LogP contribution in [0.2, 0.25) is 0 Å². The predicted octanol–water partition coefficient (Wildman–Crippen LogP) is 2.20. The zero-order chi connectivity index (χ0) is 15.2. The van der Waals surface area contributed by atoms with Crippen LogP contribution in [0.4, 0.5) is 4.79 Å². The van der Waals surface area contributed by atoms with Crippen LogP contribution in [0.15, 0.2) is 36.4 Å². The fourth-order valence-electron chi connectivity index (χ4n) is 2.05. The van der Waals surface area contributed by atoms with E-state index in [2.05, 4.69) is 5.32 Å². The standard InChI is InChI=1S/C16H20N2O3/c1-18(11-5-8-12-6-3-2-4-7-12)16(21)17-14(15(19)20)13-9-10-13/h2-8,13-14H,9-11H2,1H3,(H,17,21)(H,19,20)/t14-/m0/s1. The lowest BCUT2D eigenvalue weighted by Gasteiger charge is -2.20. The molecule has 0 radical (unpaired) electrons. The third kappa shape index (κ3) is 4.63. The van der Waals surface area contributed by atoms with Crippen LogP contribution < -0.4 is 5.32 Å². The van der Waals surface area contributed by atoms with E-state index in [4.69, 9.17) is 5.11 Å². The molecule has 1 fully saturated rings. The van der Waals surface area contributed by atoms with Gasteiger partial charge < -0.3 is 15.3 Å². The number of hydrogen-bond acceptors (Lipinski definition) is 2. The van der Waals surface area contributed by atoms with Crippen LogP contribution in [0, 0.1) is 5.92 Å². The van der Waals surface area contributed by atoms with E-state index >= 15 is 0 Å². The normalized spacial score (nSPS) is 15.7. The Labute approximate surface area is 124 Å². The molecule has 0 aliphatic heterocycles. The van der Waals surface area contributed by atoms with E-state index in [1.807, 2.05) is 42.5 Å². The van der Waals surface area contributed by atoms with Crippen LogP contribution in [-0.2, 0) is 4.79 Å². The molecule has 1 atom stereocenters. The number of carbonyl (C=O) groups excluding carboxylic acids is 1. The van der Waals surface area contributed by atoms with Crippen molar-refractivity contribution in [3.63, 3.8) is 0 Å². The van der Waals surface area contributed by atoms with Crippen LogP contribution in [0.5, 0.6) is 0 Å². The van der Waals surface area contributed by atoms with Crippen LogP contribution >= 0.6 is 0 Å². The highest BCUT2D eigenvalue weighted by atomic mass is 16.4. The first-order valence-electron chi connectivity index (χ1n) is 7.04. The van der Waals surface area contributed by atoms with Crippen molar-refractivity contribution >= 4 is 18.1 Å². The molecule has 0 heterocycles. The smallest absolute Gasteiger partial charge is 0.326 e. The molecule has 0 spiro atoms. The SMILES string of the molecule is CN(CC=Cc1ccccc1)C(=O)N[C@H](C(=O)O)C1CC1. The summed E-state index contributed by atoms with van der Waals surface area (Å²) in [6, 6.07) is 8.67. The summed E-state index contributed by atoms with van der Waals surface area (Å²) < 4.78 is 0. The highest BCUT2D eigenvalue weighted by molar-refractivity contribution is 5.83. The summed E-state index contributed by atoms with van der Waals surface area (Å²) >= 11 is 0. The molecule has 0 unspecified atom stereocenters.